The van der Waals surface area contributed by atoms with E-state index in [1.165, 1.54) is 0 Å². The lowest BCUT2D eigenvalue weighted by Gasteiger charge is -2.00. The summed E-state index contributed by atoms with van der Waals surface area (Å²) in [4.78, 5) is 0.848. The second-order valence-corrected chi connectivity index (χ2v) is 3.76. The predicted molar refractivity (Wildman–Crippen MR) is 56.8 cm³/mol. The summed E-state index contributed by atoms with van der Waals surface area (Å²) in [6.07, 6.45) is -4.58. The first-order valence-electron chi connectivity index (χ1n) is 4.53. The normalized spacial score (nSPS) is 11.8. The van der Waals surface area contributed by atoms with Gasteiger partial charge in [0.05, 0.1) is 5.69 Å². The average molecular weight is 307 g/mol. The number of halogens is 4. The Morgan fingerprint density at radius 3 is 2.29 bits per heavy atom. The summed E-state index contributed by atoms with van der Waals surface area (Å²) >= 11 is 3.27. The maximum absolute atomic E-state index is 12.3. The number of alkyl halides is 4. The van der Waals surface area contributed by atoms with Crippen LogP contribution < -0.4 is 0 Å². The molecule has 0 atom stereocenters. The van der Waals surface area contributed by atoms with E-state index in [4.69, 9.17) is 0 Å². The maximum atomic E-state index is 12.3. The molecule has 8 heteroatoms. The Hall–Kier alpha value is -1.44. The lowest BCUT2D eigenvalue weighted by Crippen LogP contribution is -2.08. The van der Waals surface area contributed by atoms with Crippen molar-refractivity contribution in [3.05, 3.63) is 35.7 Å². The molecule has 0 spiro atoms. The molecule has 0 bridgehead atoms. The molecule has 1 aromatic heterocycles. The first-order chi connectivity index (χ1) is 8.00. The summed E-state index contributed by atoms with van der Waals surface area (Å²) in [5, 5.41) is 10.2. The fraction of sp³-hybridized carbons (Fsp3) is 0.222. The van der Waals surface area contributed by atoms with E-state index < -0.39 is 12.0 Å². The summed E-state index contributed by atoms with van der Waals surface area (Å²) in [7, 11) is 0. The average Bonchev–Trinajstić information content (AvgIpc) is 2.78. The number of rotatable bonds is 2. The van der Waals surface area contributed by atoms with Crippen LogP contribution in [0.15, 0.2) is 24.3 Å². The number of nitrogens with zero attached hydrogens (tertiary/aromatic N) is 4. The van der Waals surface area contributed by atoms with E-state index in [1.54, 1.807) is 24.3 Å². The number of tetrazole rings is 1. The molecule has 17 heavy (non-hydrogen) atoms. The molecule has 90 valence electrons. The standard InChI is InChI=1S/C9H6BrF3N4/c10-5-6-1-3-7(4-2-6)17-15-8(14-16-17)9(11,12)13/h1-4H,5H2. The molecule has 2 aromatic rings. The van der Waals surface area contributed by atoms with Crippen LogP contribution in [0.4, 0.5) is 13.2 Å². The second kappa shape index (κ2) is 4.44. The van der Waals surface area contributed by atoms with E-state index in [0.29, 0.717) is 11.0 Å². The zero-order chi connectivity index (χ0) is 12.5. The van der Waals surface area contributed by atoms with Crippen molar-refractivity contribution in [2.24, 2.45) is 0 Å². The van der Waals surface area contributed by atoms with Gasteiger partial charge in [0.1, 0.15) is 0 Å². The van der Waals surface area contributed by atoms with Crippen molar-refractivity contribution in [3.63, 3.8) is 0 Å². The van der Waals surface area contributed by atoms with Gasteiger partial charge in [-0.25, -0.2) is 0 Å². The van der Waals surface area contributed by atoms with Crippen LogP contribution in [-0.2, 0) is 11.5 Å². The highest BCUT2D eigenvalue weighted by Gasteiger charge is 2.36. The molecule has 0 aliphatic heterocycles. The minimum absolute atomic E-state index is 0.428. The van der Waals surface area contributed by atoms with Crippen LogP contribution >= 0.6 is 15.9 Å². The van der Waals surface area contributed by atoms with Crippen molar-refractivity contribution in [2.45, 2.75) is 11.5 Å². The molecule has 2 rings (SSSR count). The van der Waals surface area contributed by atoms with Gasteiger partial charge in [-0.15, -0.1) is 15.0 Å². The van der Waals surface area contributed by atoms with Crippen LogP contribution in [0.2, 0.25) is 0 Å². The lowest BCUT2D eigenvalue weighted by molar-refractivity contribution is -0.145. The Labute approximate surface area is 103 Å². The van der Waals surface area contributed by atoms with E-state index in [1.807, 2.05) is 0 Å². The van der Waals surface area contributed by atoms with Gasteiger partial charge in [0.15, 0.2) is 0 Å². The summed E-state index contributed by atoms with van der Waals surface area (Å²) in [6.45, 7) is 0. The van der Waals surface area contributed by atoms with E-state index >= 15 is 0 Å². The zero-order valence-corrected chi connectivity index (χ0v) is 9.90. The van der Waals surface area contributed by atoms with Gasteiger partial charge in [0, 0.05) is 5.33 Å². The van der Waals surface area contributed by atoms with Crippen LogP contribution in [0.25, 0.3) is 5.69 Å². The van der Waals surface area contributed by atoms with Crippen LogP contribution in [0.5, 0.6) is 0 Å². The number of hydrogen-bond donors (Lipinski definition) is 0. The van der Waals surface area contributed by atoms with Crippen molar-refractivity contribution >= 4 is 15.9 Å². The largest absolute Gasteiger partial charge is 0.455 e. The Kier molecular flexibility index (Phi) is 3.14. The molecule has 0 radical (unpaired) electrons. The van der Waals surface area contributed by atoms with Gasteiger partial charge in [0.25, 0.3) is 5.82 Å². The van der Waals surface area contributed by atoms with Crippen LogP contribution in [-0.4, -0.2) is 20.2 Å². The highest BCUT2D eigenvalue weighted by molar-refractivity contribution is 9.08. The predicted octanol–water partition coefficient (Wildman–Crippen LogP) is 2.58. The summed E-state index contributed by atoms with van der Waals surface area (Å²) in [6, 6.07) is 6.78. The molecule has 0 saturated carbocycles. The minimum Gasteiger partial charge on any atom is -0.163 e. The van der Waals surface area contributed by atoms with Crippen LogP contribution in [0.3, 0.4) is 0 Å². The quantitative estimate of drug-likeness (QED) is 0.801. The topological polar surface area (TPSA) is 43.6 Å². The van der Waals surface area contributed by atoms with E-state index in [9.17, 15) is 13.2 Å². The maximum Gasteiger partial charge on any atom is 0.455 e. The van der Waals surface area contributed by atoms with Gasteiger partial charge in [-0.2, -0.15) is 13.2 Å². The van der Waals surface area contributed by atoms with E-state index in [2.05, 4.69) is 31.3 Å². The zero-order valence-electron chi connectivity index (χ0n) is 8.32. The van der Waals surface area contributed by atoms with Crippen LogP contribution in [0, 0.1) is 0 Å². The highest BCUT2D eigenvalue weighted by atomic mass is 79.9. The molecule has 0 fully saturated rings. The first kappa shape index (κ1) is 12.0. The summed E-state index contributed by atoms with van der Waals surface area (Å²) < 4.78 is 36.8. The van der Waals surface area contributed by atoms with Gasteiger partial charge >= 0.3 is 6.18 Å². The third-order valence-electron chi connectivity index (χ3n) is 1.99. The van der Waals surface area contributed by atoms with Gasteiger partial charge in [-0.1, -0.05) is 28.1 Å². The van der Waals surface area contributed by atoms with Crippen molar-refractivity contribution < 1.29 is 13.2 Å². The molecule has 4 nitrogen and oxygen atoms in total. The second-order valence-electron chi connectivity index (χ2n) is 3.20. The molecule has 1 heterocycles. The third kappa shape index (κ3) is 2.63. The van der Waals surface area contributed by atoms with Gasteiger partial charge in [-0.3, -0.25) is 0 Å². The number of hydrogen-bond acceptors (Lipinski definition) is 3. The summed E-state index contributed by atoms with van der Waals surface area (Å²) in [5.41, 5.74) is 1.43. The third-order valence-corrected chi connectivity index (χ3v) is 2.64. The molecule has 0 saturated heterocycles. The SMILES string of the molecule is FC(F)(F)c1nnn(-c2ccc(CBr)cc2)n1. The molecule has 0 unspecified atom stereocenters. The molecule has 0 aliphatic carbocycles. The number of benzene rings is 1. The minimum atomic E-state index is -4.58. The van der Waals surface area contributed by atoms with Crippen molar-refractivity contribution in [3.8, 4) is 5.69 Å². The van der Waals surface area contributed by atoms with E-state index in [0.717, 1.165) is 10.4 Å². The Balaban J connectivity index is 2.30. The van der Waals surface area contributed by atoms with Crippen molar-refractivity contribution in [1.82, 2.24) is 20.2 Å². The van der Waals surface area contributed by atoms with Gasteiger partial charge in [-0.05, 0) is 22.9 Å². The fourth-order valence-corrected chi connectivity index (χ4v) is 1.53. The lowest BCUT2D eigenvalue weighted by atomic mass is 10.2. The fourth-order valence-electron chi connectivity index (χ4n) is 1.16. The molecule has 0 N–H and O–H groups in total. The summed E-state index contributed by atoms with van der Waals surface area (Å²) in [5.74, 6) is -1.25. The molecule has 1 aromatic carbocycles. The Morgan fingerprint density at radius 1 is 1.18 bits per heavy atom. The Morgan fingerprint density at radius 2 is 1.82 bits per heavy atom. The van der Waals surface area contributed by atoms with E-state index in [-0.39, 0.29) is 0 Å². The smallest absolute Gasteiger partial charge is 0.163 e. The highest BCUT2D eigenvalue weighted by Crippen LogP contribution is 2.25. The number of aromatic nitrogens is 4. The first-order valence-corrected chi connectivity index (χ1v) is 5.65. The molecular weight excluding hydrogens is 301 g/mol. The Bertz CT molecular complexity index is 506. The molecule has 0 amide bonds. The molecular formula is C9H6BrF3N4. The van der Waals surface area contributed by atoms with Crippen LogP contribution in [0.1, 0.15) is 11.4 Å². The van der Waals surface area contributed by atoms with Crippen molar-refractivity contribution in [1.29, 1.82) is 0 Å². The van der Waals surface area contributed by atoms with Gasteiger partial charge in [0.2, 0.25) is 0 Å². The van der Waals surface area contributed by atoms with Crippen molar-refractivity contribution in [2.75, 3.05) is 0 Å². The van der Waals surface area contributed by atoms with Gasteiger partial charge < -0.3 is 0 Å². The monoisotopic (exact) mass is 306 g/mol. The molecule has 0 aliphatic rings.